The van der Waals surface area contributed by atoms with Gasteiger partial charge in [-0.2, -0.15) is 0 Å². The summed E-state index contributed by atoms with van der Waals surface area (Å²) in [5, 5.41) is 0. The first-order valence-corrected chi connectivity index (χ1v) is 7.33. The second-order valence-electron chi connectivity index (χ2n) is 5.46. The third-order valence-electron chi connectivity index (χ3n) is 3.51. The highest BCUT2D eigenvalue weighted by Crippen LogP contribution is 2.16. The van der Waals surface area contributed by atoms with E-state index in [-0.39, 0.29) is 24.2 Å². The van der Waals surface area contributed by atoms with Gasteiger partial charge in [0.1, 0.15) is 6.26 Å². The van der Waals surface area contributed by atoms with E-state index >= 15 is 0 Å². The summed E-state index contributed by atoms with van der Waals surface area (Å²) in [6.07, 6.45) is 1.23. The minimum absolute atomic E-state index is 0.0458. The maximum Gasteiger partial charge on any atom is 0.360 e. The van der Waals surface area contributed by atoms with E-state index in [1.807, 2.05) is 39.0 Å². The number of oxazole rings is 1. The summed E-state index contributed by atoms with van der Waals surface area (Å²) in [6.45, 7) is 5.91. The van der Waals surface area contributed by atoms with Crippen molar-refractivity contribution in [3.63, 3.8) is 0 Å². The van der Waals surface area contributed by atoms with Crippen molar-refractivity contribution in [3.8, 4) is 0 Å². The molecule has 1 amide bonds. The van der Waals surface area contributed by atoms with E-state index in [2.05, 4.69) is 9.72 Å². The molecule has 0 N–H and O–H groups in total. The van der Waals surface area contributed by atoms with Crippen LogP contribution < -0.4 is 0 Å². The normalized spacial score (nSPS) is 10.7. The van der Waals surface area contributed by atoms with Gasteiger partial charge in [-0.1, -0.05) is 18.2 Å². The van der Waals surface area contributed by atoms with E-state index in [9.17, 15) is 9.59 Å². The third kappa shape index (κ3) is 3.77. The van der Waals surface area contributed by atoms with Crippen LogP contribution in [-0.4, -0.2) is 34.9 Å². The third-order valence-corrected chi connectivity index (χ3v) is 3.51. The topological polar surface area (TPSA) is 72.6 Å². The molecule has 1 aromatic carbocycles. The number of methoxy groups -OCH3 is 1. The van der Waals surface area contributed by atoms with Crippen LogP contribution in [0.5, 0.6) is 0 Å². The zero-order valence-corrected chi connectivity index (χ0v) is 13.7. The van der Waals surface area contributed by atoms with Crippen LogP contribution in [0.3, 0.4) is 0 Å². The summed E-state index contributed by atoms with van der Waals surface area (Å²) >= 11 is 0. The first-order valence-electron chi connectivity index (χ1n) is 7.33. The molecule has 0 saturated heterocycles. The van der Waals surface area contributed by atoms with Gasteiger partial charge in [0.2, 0.25) is 5.89 Å². The van der Waals surface area contributed by atoms with Crippen LogP contribution in [0.4, 0.5) is 0 Å². The zero-order chi connectivity index (χ0) is 17.0. The standard InChI is InChI=1S/C17H20N2O4/c1-11(2)19(16(20)13-8-6-5-7-12(13)3)9-15-18-14(10-23-15)17(21)22-4/h5-8,10-11H,9H2,1-4H3. The largest absolute Gasteiger partial charge is 0.464 e. The molecule has 0 aliphatic rings. The van der Waals surface area contributed by atoms with Crippen molar-refractivity contribution in [2.24, 2.45) is 0 Å². The smallest absolute Gasteiger partial charge is 0.360 e. The van der Waals surface area contributed by atoms with Crippen molar-refractivity contribution in [2.45, 2.75) is 33.4 Å². The Labute approximate surface area is 135 Å². The van der Waals surface area contributed by atoms with Crippen molar-refractivity contribution < 1.29 is 18.7 Å². The highest BCUT2D eigenvalue weighted by molar-refractivity contribution is 5.95. The van der Waals surface area contributed by atoms with E-state index in [0.29, 0.717) is 11.5 Å². The Balaban J connectivity index is 2.22. The van der Waals surface area contributed by atoms with Crippen LogP contribution in [0, 0.1) is 6.92 Å². The highest BCUT2D eigenvalue weighted by atomic mass is 16.5. The second-order valence-corrected chi connectivity index (χ2v) is 5.46. The molecule has 6 heteroatoms. The number of hydrogen-bond donors (Lipinski definition) is 0. The molecular formula is C17H20N2O4. The van der Waals surface area contributed by atoms with Crippen LogP contribution in [-0.2, 0) is 11.3 Å². The highest BCUT2D eigenvalue weighted by Gasteiger charge is 2.23. The van der Waals surface area contributed by atoms with Crippen LogP contribution in [0.2, 0.25) is 0 Å². The van der Waals surface area contributed by atoms with E-state index in [1.54, 1.807) is 11.0 Å². The maximum atomic E-state index is 12.8. The quantitative estimate of drug-likeness (QED) is 0.793. The second kappa shape index (κ2) is 7.09. The number of rotatable bonds is 5. The molecule has 23 heavy (non-hydrogen) atoms. The van der Waals surface area contributed by atoms with Gasteiger partial charge in [-0.05, 0) is 32.4 Å². The molecule has 6 nitrogen and oxygen atoms in total. The molecule has 0 bridgehead atoms. The van der Waals surface area contributed by atoms with Crippen molar-refractivity contribution >= 4 is 11.9 Å². The molecule has 2 aromatic rings. The zero-order valence-electron chi connectivity index (χ0n) is 13.7. The molecule has 0 radical (unpaired) electrons. The Morgan fingerprint density at radius 2 is 2.00 bits per heavy atom. The monoisotopic (exact) mass is 316 g/mol. The van der Waals surface area contributed by atoms with Gasteiger partial charge >= 0.3 is 5.97 Å². The van der Waals surface area contributed by atoms with E-state index in [1.165, 1.54) is 13.4 Å². The lowest BCUT2D eigenvalue weighted by Crippen LogP contribution is -2.36. The molecular weight excluding hydrogens is 296 g/mol. The molecule has 1 heterocycles. The van der Waals surface area contributed by atoms with Crippen molar-refractivity contribution in [3.05, 3.63) is 53.2 Å². The minimum Gasteiger partial charge on any atom is -0.464 e. The molecule has 2 rings (SSSR count). The summed E-state index contributed by atoms with van der Waals surface area (Å²) in [6, 6.07) is 7.37. The van der Waals surface area contributed by atoms with E-state index < -0.39 is 5.97 Å². The lowest BCUT2D eigenvalue weighted by Gasteiger charge is -2.26. The number of carbonyl (C=O) groups excluding carboxylic acids is 2. The molecule has 0 fully saturated rings. The lowest BCUT2D eigenvalue weighted by molar-refractivity contribution is 0.0593. The van der Waals surface area contributed by atoms with Gasteiger partial charge in [-0.15, -0.1) is 0 Å². The summed E-state index contributed by atoms with van der Waals surface area (Å²) in [4.78, 5) is 29.9. The Bertz CT molecular complexity index is 706. The average Bonchev–Trinajstić information content (AvgIpc) is 3.00. The maximum absolute atomic E-state index is 12.8. The van der Waals surface area contributed by atoms with Crippen molar-refractivity contribution in [1.29, 1.82) is 0 Å². The molecule has 0 atom stereocenters. The first-order chi connectivity index (χ1) is 10.9. The number of esters is 1. The van der Waals surface area contributed by atoms with E-state index in [0.717, 1.165) is 5.56 Å². The number of aryl methyl sites for hydroxylation is 1. The number of hydrogen-bond acceptors (Lipinski definition) is 5. The Morgan fingerprint density at radius 3 is 2.61 bits per heavy atom. The lowest BCUT2D eigenvalue weighted by atomic mass is 10.1. The summed E-state index contributed by atoms with van der Waals surface area (Å²) in [7, 11) is 1.28. The van der Waals surface area contributed by atoms with Crippen LogP contribution >= 0.6 is 0 Å². The fourth-order valence-electron chi connectivity index (χ4n) is 2.18. The van der Waals surface area contributed by atoms with Gasteiger partial charge in [-0.3, -0.25) is 4.79 Å². The van der Waals surface area contributed by atoms with Crippen LogP contribution in [0.25, 0.3) is 0 Å². The Morgan fingerprint density at radius 1 is 1.30 bits per heavy atom. The van der Waals surface area contributed by atoms with Gasteiger partial charge in [0.05, 0.1) is 13.7 Å². The molecule has 0 unspecified atom stereocenters. The Hall–Kier alpha value is -2.63. The fourth-order valence-corrected chi connectivity index (χ4v) is 2.18. The number of aromatic nitrogens is 1. The SMILES string of the molecule is COC(=O)c1coc(CN(C(=O)c2ccccc2C)C(C)C)n1. The molecule has 0 saturated carbocycles. The number of benzene rings is 1. The molecule has 1 aromatic heterocycles. The van der Waals surface area contributed by atoms with Gasteiger partial charge < -0.3 is 14.1 Å². The first kappa shape index (κ1) is 16.7. The fraction of sp³-hybridized carbons (Fsp3) is 0.353. The predicted molar refractivity (Wildman–Crippen MR) is 84.0 cm³/mol. The molecule has 0 spiro atoms. The van der Waals surface area contributed by atoms with Crippen molar-refractivity contribution in [1.82, 2.24) is 9.88 Å². The average molecular weight is 316 g/mol. The van der Waals surface area contributed by atoms with Gasteiger partial charge in [0.15, 0.2) is 5.69 Å². The number of amides is 1. The van der Waals surface area contributed by atoms with Crippen LogP contribution in [0.1, 0.15) is 46.1 Å². The van der Waals surface area contributed by atoms with Gasteiger partial charge in [0.25, 0.3) is 5.91 Å². The molecule has 0 aliphatic carbocycles. The van der Waals surface area contributed by atoms with Gasteiger partial charge in [0, 0.05) is 11.6 Å². The number of ether oxygens (including phenoxy) is 1. The Kier molecular flexibility index (Phi) is 5.16. The number of carbonyl (C=O) groups is 2. The number of nitrogens with zero attached hydrogens (tertiary/aromatic N) is 2. The summed E-state index contributed by atoms with van der Waals surface area (Å²) in [5.41, 5.74) is 1.64. The van der Waals surface area contributed by atoms with Crippen molar-refractivity contribution in [2.75, 3.05) is 7.11 Å². The molecule has 122 valence electrons. The van der Waals surface area contributed by atoms with Gasteiger partial charge in [-0.25, -0.2) is 9.78 Å². The molecule has 0 aliphatic heterocycles. The summed E-state index contributed by atoms with van der Waals surface area (Å²) < 4.78 is 9.87. The summed E-state index contributed by atoms with van der Waals surface area (Å²) in [5.74, 6) is -0.377. The van der Waals surface area contributed by atoms with Crippen LogP contribution in [0.15, 0.2) is 34.9 Å². The van der Waals surface area contributed by atoms with E-state index in [4.69, 9.17) is 4.42 Å². The predicted octanol–water partition coefficient (Wildman–Crippen LogP) is 2.82. The minimum atomic E-state index is -0.568.